The van der Waals surface area contributed by atoms with Crippen molar-refractivity contribution in [3.05, 3.63) is 88.1 Å². The van der Waals surface area contributed by atoms with E-state index in [9.17, 15) is 4.79 Å². The minimum Gasteiger partial charge on any atom is -0.451 e. The summed E-state index contributed by atoms with van der Waals surface area (Å²) >= 11 is 3.46. The van der Waals surface area contributed by atoms with Crippen molar-refractivity contribution in [1.29, 1.82) is 0 Å². The van der Waals surface area contributed by atoms with Gasteiger partial charge >= 0.3 is 0 Å². The van der Waals surface area contributed by atoms with Gasteiger partial charge in [-0.15, -0.1) is 0 Å². The summed E-state index contributed by atoms with van der Waals surface area (Å²) in [6, 6.07) is 16.0. The molecule has 0 spiro atoms. The van der Waals surface area contributed by atoms with Crippen LogP contribution in [0.3, 0.4) is 0 Å². The molecule has 0 unspecified atom stereocenters. The zero-order valence-corrected chi connectivity index (χ0v) is 17.1. The Balaban J connectivity index is 1.40. The van der Waals surface area contributed by atoms with E-state index >= 15 is 0 Å². The molecule has 6 heteroatoms. The van der Waals surface area contributed by atoms with Gasteiger partial charge in [0.15, 0.2) is 5.76 Å². The van der Waals surface area contributed by atoms with E-state index in [2.05, 4.69) is 42.9 Å². The number of imidazole rings is 1. The first-order chi connectivity index (χ1) is 13.6. The third kappa shape index (κ3) is 3.87. The molecule has 0 saturated heterocycles. The Hall–Kier alpha value is -2.86. The number of nitrogens with zero attached hydrogens (tertiary/aromatic N) is 2. The highest BCUT2D eigenvalue weighted by Gasteiger charge is 2.17. The molecule has 5 nitrogen and oxygen atoms in total. The predicted molar refractivity (Wildman–Crippen MR) is 112 cm³/mol. The molecule has 2 aromatic heterocycles. The van der Waals surface area contributed by atoms with E-state index in [1.165, 1.54) is 5.56 Å². The monoisotopic (exact) mass is 437 g/mol. The fourth-order valence-electron chi connectivity index (χ4n) is 3.27. The molecule has 28 heavy (non-hydrogen) atoms. The van der Waals surface area contributed by atoms with Crippen molar-refractivity contribution in [2.24, 2.45) is 0 Å². The van der Waals surface area contributed by atoms with Crippen LogP contribution in [-0.2, 0) is 13.0 Å². The normalized spacial score (nSPS) is 11.1. The van der Waals surface area contributed by atoms with Gasteiger partial charge in [-0.25, -0.2) is 4.98 Å². The van der Waals surface area contributed by atoms with Gasteiger partial charge in [-0.05, 0) is 30.7 Å². The van der Waals surface area contributed by atoms with E-state index in [1.54, 1.807) is 6.20 Å². The fourth-order valence-corrected chi connectivity index (χ4v) is 3.63. The van der Waals surface area contributed by atoms with Gasteiger partial charge in [0.1, 0.15) is 11.4 Å². The van der Waals surface area contributed by atoms with E-state index in [1.807, 2.05) is 49.5 Å². The molecule has 0 aliphatic carbocycles. The summed E-state index contributed by atoms with van der Waals surface area (Å²) in [4.78, 5) is 17.0. The van der Waals surface area contributed by atoms with Crippen LogP contribution in [0.15, 0.2) is 69.8 Å². The van der Waals surface area contributed by atoms with Crippen LogP contribution in [0.25, 0.3) is 11.0 Å². The van der Waals surface area contributed by atoms with Gasteiger partial charge in [-0.1, -0.05) is 46.3 Å². The maximum absolute atomic E-state index is 12.6. The molecule has 142 valence electrons. The number of amides is 1. The van der Waals surface area contributed by atoms with Gasteiger partial charge in [0.2, 0.25) is 0 Å². The molecule has 0 bridgehead atoms. The van der Waals surface area contributed by atoms with Crippen molar-refractivity contribution in [3.8, 4) is 0 Å². The Morgan fingerprint density at radius 2 is 2.04 bits per heavy atom. The molecular weight excluding hydrogens is 418 g/mol. The third-order valence-electron chi connectivity index (χ3n) is 4.74. The number of rotatable bonds is 6. The lowest BCUT2D eigenvalue weighted by Crippen LogP contribution is -2.26. The molecule has 0 aliphatic rings. The standard InChI is InChI=1S/C22H20BrN3O2/c1-15-18-13-17(23)7-8-19(18)28-21(15)22(27)25-10-9-20-24-11-12-26(20)14-16-5-3-2-4-6-16/h2-8,11-13H,9-10,14H2,1H3,(H,25,27). The van der Waals surface area contributed by atoms with Gasteiger partial charge in [0.25, 0.3) is 5.91 Å². The van der Waals surface area contributed by atoms with Crippen molar-refractivity contribution in [1.82, 2.24) is 14.9 Å². The van der Waals surface area contributed by atoms with Crippen molar-refractivity contribution >= 4 is 32.8 Å². The number of benzene rings is 2. The number of hydrogen-bond acceptors (Lipinski definition) is 3. The average Bonchev–Trinajstić information content (AvgIpc) is 3.27. The second kappa shape index (κ2) is 8.02. The summed E-state index contributed by atoms with van der Waals surface area (Å²) < 4.78 is 8.81. The lowest BCUT2D eigenvalue weighted by molar-refractivity contribution is 0.0927. The third-order valence-corrected chi connectivity index (χ3v) is 5.23. The van der Waals surface area contributed by atoms with Crippen LogP contribution in [0.4, 0.5) is 0 Å². The Kier molecular flexibility index (Phi) is 5.30. The first-order valence-electron chi connectivity index (χ1n) is 9.12. The second-order valence-electron chi connectivity index (χ2n) is 6.66. The van der Waals surface area contributed by atoms with Crippen LogP contribution in [0.2, 0.25) is 0 Å². The molecule has 1 amide bonds. The van der Waals surface area contributed by atoms with Crippen molar-refractivity contribution in [3.63, 3.8) is 0 Å². The van der Waals surface area contributed by atoms with Crippen LogP contribution in [0.1, 0.15) is 27.5 Å². The number of furan rings is 1. The summed E-state index contributed by atoms with van der Waals surface area (Å²) in [7, 11) is 0. The summed E-state index contributed by atoms with van der Waals surface area (Å²) in [5.41, 5.74) is 2.78. The number of aryl methyl sites for hydroxylation is 1. The number of aromatic nitrogens is 2. The minimum absolute atomic E-state index is 0.203. The van der Waals surface area contributed by atoms with Gasteiger partial charge in [-0.3, -0.25) is 4.79 Å². The van der Waals surface area contributed by atoms with Gasteiger partial charge < -0.3 is 14.3 Å². The maximum atomic E-state index is 12.6. The number of nitrogens with one attached hydrogen (secondary N) is 1. The number of fused-ring (bicyclic) bond motifs is 1. The molecule has 2 heterocycles. The summed E-state index contributed by atoms with van der Waals surface area (Å²) in [5.74, 6) is 1.10. The Bertz CT molecular complexity index is 1120. The Labute approximate surface area is 171 Å². The first kappa shape index (κ1) is 18.5. The Morgan fingerprint density at radius 1 is 1.21 bits per heavy atom. The highest BCUT2D eigenvalue weighted by Crippen LogP contribution is 2.27. The molecular formula is C22H20BrN3O2. The average molecular weight is 438 g/mol. The van der Waals surface area contributed by atoms with Crippen LogP contribution in [0, 0.1) is 6.92 Å². The zero-order chi connectivity index (χ0) is 19.5. The quantitative estimate of drug-likeness (QED) is 0.474. The van der Waals surface area contributed by atoms with E-state index < -0.39 is 0 Å². The van der Waals surface area contributed by atoms with Crippen molar-refractivity contribution < 1.29 is 9.21 Å². The number of carbonyl (C=O) groups excluding carboxylic acids is 1. The lowest BCUT2D eigenvalue weighted by atomic mass is 10.1. The van der Waals surface area contributed by atoms with Crippen LogP contribution in [-0.4, -0.2) is 22.0 Å². The van der Waals surface area contributed by atoms with E-state index in [0.717, 1.165) is 27.8 Å². The molecule has 0 atom stereocenters. The molecule has 4 aromatic rings. The van der Waals surface area contributed by atoms with Crippen LogP contribution in [0.5, 0.6) is 0 Å². The second-order valence-corrected chi connectivity index (χ2v) is 7.58. The fraction of sp³-hybridized carbons (Fsp3) is 0.182. The van der Waals surface area contributed by atoms with Crippen molar-refractivity contribution in [2.45, 2.75) is 19.9 Å². The molecule has 0 aliphatic heterocycles. The van der Waals surface area contributed by atoms with E-state index in [-0.39, 0.29) is 5.91 Å². The van der Waals surface area contributed by atoms with Crippen LogP contribution >= 0.6 is 15.9 Å². The molecule has 0 fully saturated rings. The highest BCUT2D eigenvalue weighted by molar-refractivity contribution is 9.10. The lowest BCUT2D eigenvalue weighted by Gasteiger charge is -2.08. The maximum Gasteiger partial charge on any atom is 0.287 e. The topological polar surface area (TPSA) is 60.1 Å². The molecule has 1 N–H and O–H groups in total. The van der Waals surface area contributed by atoms with Crippen LogP contribution < -0.4 is 5.32 Å². The summed E-state index contributed by atoms with van der Waals surface area (Å²) in [5, 5.41) is 3.89. The Morgan fingerprint density at radius 3 is 2.86 bits per heavy atom. The first-order valence-corrected chi connectivity index (χ1v) is 9.92. The number of hydrogen-bond donors (Lipinski definition) is 1. The minimum atomic E-state index is -0.203. The summed E-state index contributed by atoms with van der Waals surface area (Å²) in [6.07, 6.45) is 4.41. The van der Waals surface area contributed by atoms with Crippen molar-refractivity contribution in [2.75, 3.05) is 6.54 Å². The van der Waals surface area contributed by atoms with Gasteiger partial charge in [-0.2, -0.15) is 0 Å². The van der Waals surface area contributed by atoms with E-state index in [4.69, 9.17) is 4.42 Å². The predicted octanol–water partition coefficient (Wildman–Crippen LogP) is 4.72. The molecule has 4 rings (SSSR count). The summed E-state index contributed by atoms with van der Waals surface area (Å²) in [6.45, 7) is 3.16. The van der Waals surface area contributed by atoms with Gasteiger partial charge in [0.05, 0.1) is 0 Å². The highest BCUT2D eigenvalue weighted by atomic mass is 79.9. The largest absolute Gasteiger partial charge is 0.451 e. The zero-order valence-electron chi connectivity index (χ0n) is 15.5. The SMILES string of the molecule is Cc1c(C(=O)NCCc2nccn2Cc2ccccc2)oc2ccc(Br)cc12. The number of halogens is 1. The van der Waals surface area contributed by atoms with E-state index in [0.29, 0.717) is 24.3 Å². The smallest absolute Gasteiger partial charge is 0.287 e. The molecule has 0 radical (unpaired) electrons. The van der Waals surface area contributed by atoms with Gasteiger partial charge in [0, 0.05) is 47.3 Å². The molecule has 0 saturated carbocycles. The number of carbonyl (C=O) groups is 1. The molecule has 2 aromatic carbocycles.